The lowest BCUT2D eigenvalue weighted by Crippen LogP contribution is -2.08. The molecule has 0 saturated carbocycles. The van der Waals surface area contributed by atoms with Gasteiger partial charge in [0.05, 0.1) is 6.10 Å². The van der Waals surface area contributed by atoms with Gasteiger partial charge in [-0.2, -0.15) is 0 Å². The molecule has 0 heterocycles. The Kier molecular flexibility index (Phi) is 4.97. The standard InChI is InChI=1S/C6H12FO/c1-2-3-4-6(8)5-7/h4,6,8H,2-3,5H2,1H3. The van der Waals surface area contributed by atoms with Crippen LogP contribution >= 0.6 is 0 Å². The highest BCUT2D eigenvalue weighted by Gasteiger charge is 1.99. The van der Waals surface area contributed by atoms with Gasteiger partial charge in [-0.3, -0.25) is 0 Å². The maximum atomic E-state index is 11.4. The van der Waals surface area contributed by atoms with Crippen LogP contribution in [0.2, 0.25) is 0 Å². The first-order valence-corrected chi connectivity index (χ1v) is 2.88. The fourth-order valence-electron chi connectivity index (χ4n) is 0.422. The Balaban J connectivity index is 2.86. The summed E-state index contributed by atoms with van der Waals surface area (Å²) >= 11 is 0. The minimum absolute atomic E-state index is 0.653. The first-order valence-electron chi connectivity index (χ1n) is 2.88. The second-order valence-electron chi connectivity index (χ2n) is 1.75. The quantitative estimate of drug-likeness (QED) is 0.591. The van der Waals surface area contributed by atoms with Crippen LogP contribution in [0.15, 0.2) is 0 Å². The molecule has 1 atom stereocenters. The zero-order chi connectivity index (χ0) is 6.41. The molecule has 1 N–H and O–H groups in total. The number of aliphatic hydroxyl groups excluding tert-OH is 1. The van der Waals surface area contributed by atoms with Gasteiger partial charge in [-0.1, -0.05) is 13.3 Å². The Morgan fingerprint density at radius 3 is 2.75 bits per heavy atom. The molecule has 0 aliphatic carbocycles. The van der Waals surface area contributed by atoms with Crippen molar-refractivity contribution in [2.45, 2.75) is 25.9 Å². The number of rotatable bonds is 4. The number of unbranched alkanes of at least 4 members (excludes halogenated alkanes) is 1. The third-order valence-corrected chi connectivity index (χ3v) is 0.886. The number of alkyl halides is 1. The predicted molar refractivity (Wildman–Crippen MR) is 31.2 cm³/mol. The molecule has 0 rings (SSSR count). The minimum Gasteiger partial charge on any atom is -0.390 e. The lowest BCUT2D eigenvalue weighted by Gasteiger charge is -2.01. The Labute approximate surface area is 49.5 Å². The lowest BCUT2D eigenvalue weighted by molar-refractivity contribution is 0.165. The van der Waals surface area contributed by atoms with Gasteiger partial charge in [0.25, 0.3) is 0 Å². The fraction of sp³-hybridized carbons (Fsp3) is 0.833. The van der Waals surface area contributed by atoms with Crippen molar-refractivity contribution in [3.8, 4) is 0 Å². The molecule has 0 saturated heterocycles. The first-order chi connectivity index (χ1) is 3.81. The van der Waals surface area contributed by atoms with Crippen LogP contribution in [0, 0.1) is 6.42 Å². The minimum atomic E-state index is -0.838. The van der Waals surface area contributed by atoms with Crippen LogP contribution in [0.25, 0.3) is 0 Å². The van der Waals surface area contributed by atoms with Gasteiger partial charge >= 0.3 is 0 Å². The van der Waals surface area contributed by atoms with E-state index in [1.165, 1.54) is 0 Å². The summed E-state index contributed by atoms with van der Waals surface area (Å²) in [6.07, 6.45) is 2.51. The van der Waals surface area contributed by atoms with Gasteiger partial charge in [0.2, 0.25) is 0 Å². The van der Waals surface area contributed by atoms with Crippen molar-refractivity contribution in [2.24, 2.45) is 0 Å². The molecule has 1 nitrogen and oxygen atoms in total. The van der Waals surface area contributed by atoms with E-state index in [-0.39, 0.29) is 0 Å². The molecular weight excluding hydrogens is 107 g/mol. The van der Waals surface area contributed by atoms with Gasteiger partial charge in [-0.15, -0.1) is 0 Å². The highest BCUT2D eigenvalue weighted by molar-refractivity contribution is 4.72. The van der Waals surface area contributed by atoms with Gasteiger partial charge in [0, 0.05) is 0 Å². The van der Waals surface area contributed by atoms with E-state index in [1.54, 1.807) is 6.42 Å². The zero-order valence-corrected chi connectivity index (χ0v) is 5.10. The summed E-state index contributed by atoms with van der Waals surface area (Å²) in [4.78, 5) is 0. The Morgan fingerprint density at radius 2 is 2.38 bits per heavy atom. The topological polar surface area (TPSA) is 20.2 Å². The Bertz CT molecular complexity index is 47.8. The molecule has 0 aromatic rings. The first kappa shape index (κ1) is 7.89. The fourth-order valence-corrected chi connectivity index (χ4v) is 0.422. The smallest absolute Gasteiger partial charge is 0.116 e. The van der Waals surface area contributed by atoms with E-state index in [2.05, 4.69) is 0 Å². The number of hydrogen-bond donors (Lipinski definition) is 1. The number of halogens is 1. The van der Waals surface area contributed by atoms with Crippen molar-refractivity contribution in [3.05, 3.63) is 6.42 Å². The molecule has 8 heavy (non-hydrogen) atoms. The molecule has 2 heteroatoms. The molecular formula is C6H12FO. The van der Waals surface area contributed by atoms with Gasteiger partial charge < -0.3 is 5.11 Å². The molecule has 0 bridgehead atoms. The molecule has 0 amide bonds. The van der Waals surface area contributed by atoms with Crippen LogP contribution in [0.4, 0.5) is 4.39 Å². The van der Waals surface area contributed by atoms with Gasteiger partial charge in [0.15, 0.2) is 0 Å². The van der Waals surface area contributed by atoms with E-state index in [0.29, 0.717) is 0 Å². The van der Waals surface area contributed by atoms with E-state index in [9.17, 15) is 4.39 Å². The normalized spacial score (nSPS) is 13.9. The van der Waals surface area contributed by atoms with Crippen LogP contribution in [0.1, 0.15) is 19.8 Å². The van der Waals surface area contributed by atoms with E-state index in [4.69, 9.17) is 5.11 Å². The lowest BCUT2D eigenvalue weighted by atomic mass is 10.2. The molecule has 0 aromatic carbocycles. The average Bonchev–Trinajstić information content (AvgIpc) is 1.83. The molecule has 0 aliphatic rings. The summed E-state index contributed by atoms with van der Waals surface area (Å²) in [6, 6.07) is 0. The molecule has 49 valence electrons. The number of aliphatic hydroxyl groups is 1. The monoisotopic (exact) mass is 119 g/mol. The second-order valence-corrected chi connectivity index (χ2v) is 1.75. The summed E-state index contributed by atoms with van der Waals surface area (Å²) in [5.74, 6) is 0. The molecule has 1 unspecified atom stereocenters. The summed E-state index contributed by atoms with van der Waals surface area (Å²) in [5, 5.41) is 8.56. The van der Waals surface area contributed by atoms with Crippen LogP contribution in [-0.4, -0.2) is 17.9 Å². The maximum absolute atomic E-state index is 11.4. The van der Waals surface area contributed by atoms with E-state index in [1.807, 2.05) is 6.92 Å². The van der Waals surface area contributed by atoms with Crippen LogP contribution < -0.4 is 0 Å². The van der Waals surface area contributed by atoms with E-state index in [0.717, 1.165) is 12.8 Å². The van der Waals surface area contributed by atoms with Crippen molar-refractivity contribution < 1.29 is 9.50 Å². The van der Waals surface area contributed by atoms with Crippen LogP contribution in [0.5, 0.6) is 0 Å². The SMILES string of the molecule is CCC[CH]C(O)CF. The second kappa shape index (κ2) is 5.04. The summed E-state index contributed by atoms with van der Waals surface area (Å²) in [7, 11) is 0. The molecule has 1 radical (unpaired) electrons. The predicted octanol–water partition coefficient (Wildman–Crippen LogP) is 1.32. The highest BCUT2D eigenvalue weighted by Crippen LogP contribution is 1.97. The molecule has 0 aliphatic heterocycles. The highest BCUT2D eigenvalue weighted by atomic mass is 19.1. The Morgan fingerprint density at radius 1 is 1.75 bits per heavy atom. The van der Waals surface area contributed by atoms with Gasteiger partial charge in [-0.05, 0) is 12.8 Å². The van der Waals surface area contributed by atoms with E-state index >= 15 is 0 Å². The van der Waals surface area contributed by atoms with E-state index < -0.39 is 12.8 Å². The largest absolute Gasteiger partial charge is 0.390 e. The van der Waals surface area contributed by atoms with Gasteiger partial charge in [0.1, 0.15) is 6.67 Å². The Hall–Kier alpha value is -0.110. The third-order valence-electron chi connectivity index (χ3n) is 0.886. The van der Waals surface area contributed by atoms with Crippen molar-refractivity contribution in [1.29, 1.82) is 0 Å². The van der Waals surface area contributed by atoms with Crippen molar-refractivity contribution in [2.75, 3.05) is 6.67 Å². The summed E-state index contributed by atoms with van der Waals surface area (Å²) in [5.41, 5.74) is 0. The molecule has 0 fully saturated rings. The summed E-state index contributed by atoms with van der Waals surface area (Å²) in [6.45, 7) is 1.33. The van der Waals surface area contributed by atoms with Crippen molar-refractivity contribution >= 4 is 0 Å². The van der Waals surface area contributed by atoms with Gasteiger partial charge in [-0.25, -0.2) is 4.39 Å². The van der Waals surface area contributed by atoms with Crippen LogP contribution in [-0.2, 0) is 0 Å². The summed E-state index contributed by atoms with van der Waals surface area (Å²) < 4.78 is 11.4. The third kappa shape index (κ3) is 4.06. The average molecular weight is 119 g/mol. The zero-order valence-electron chi connectivity index (χ0n) is 5.10. The van der Waals surface area contributed by atoms with Crippen LogP contribution in [0.3, 0.4) is 0 Å². The van der Waals surface area contributed by atoms with Crippen molar-refractivity contribution in [1.82, 2.24) is 0 Å². The van der Waals surface area contributed by atoms with Crippen molar-refractivity contribution in [3.63, 3.8) is 0 Å². The molecule has 0 aromatic heterocycles. The maximum Gasteiger partial charge on any atom is 0.116 e. The number of hydrogen-bond acceptors (Lipinski definition) is 1. The molecule has 0 spiro atoms.